The summed E-state index contributed by atoms with van der Waals surface area (Å²) in [6.07, 6.45) is 0. The minimum Gasteiger partial charge on any atom is -0.480 e. The molecule has 5 nitrogen and oxygen atoms in total. The molecule has 0 radical (unpaired) electrons. The second-order valence-electron chi connectivity index (χ2n) is 4.47. The molecule has 2 heterocycles. The van der Waals surface area contributed by atoms with Crippen molar-refractivity contribution in [3.05, 3.63) is 58.8 Å². The molecule has 0 aliphatic carbocycles. The third-order valence-corrected chi connectivity index (χ3v) is 3.90. The van der Waals surface area contributed by atoms with Crippen molar-refractivity contribution >= 4 is 22.9 Å². The number of amides is 1. The van der Waals surface area contributed by atoms with Crippen molar-refractivity contribution in [3.63, 3.8) is 0 Å². The number of hydrogen-bond acceptors (Lipinski definition) is 5. The Balaban J connectivity index is 1.73. The fourth-order valence-electron chi connectivity index (χ4n) is 1.91. The molecule has 0 aliphatic heterocycles. The van der Waals surface area contributed by atoms with E-state index in [0.717, 1.165) is 16.9 Å². The Labute approximate surface area is 131 Å². The van der Waals surface area contributed by atoms with E-state index >= 15 is 0 Å². The summed E-state index contributed by atoms with van der Waals surface area (Å²) >= 11 is 1.41. The molecule has 0 bridgehead atoms. The van der Waals surface area contributed by atoms with Crippen LogP contribution in [0.25, 0.3) is 11.3 Å². The van der Waals surface area contributed by atoms with Gasteiger partial charge in [0.1, 0.15) is 0 Å². The molecule has 110 valence electrons. The zero-order chi connectivity index (χ0) is 15.4. The van der Waals surface area contributed by atoms with Gasteiger partial charge in [0.2, 0.25) is 5.88 Å². The Morgan fingerprint density at radius 3 is 2.50 bits per heavy atom. The molecule has 0 aliphatic rings. The van der Waals surface area contributed by atoms with Gasteiger partial charge in [0.15, 0.2) is 0 Å². The number of hydrogen-bond donors (Lipinski definition) is 1. The van der Waals surface area contributed by atoms with Crippen LogP contribution < -0.4 is 10.1 Å². The molecule has 1 N–H and O–H groups in total. The van der Waals surface area contributed by atoms with Crippen molar-refractivity contribution in [1.29, 1.82) is 0 Å². The lowest BCUT2D eigenvalue weighted by molar-refractivity contribution is 0.103. The minimum atomic E-state index is -0.105. The molecule has 0 atom stereocenters. The number of anilines is 1. The van der Waals surface area contributed by atoms with Crippen molar-refractivity contribution in [3.8, 4) is 17.1 Å². The second-order valence-corrected chi connectivity index (χ2v) is 5.42. The Hall–Kier alpha value is -2.73. The topological polar surface area (TPSA) is 64.1 Å². The lowest BCUT2D eigenvalue weighted by Gasteiger charge is -2.05. The summed E-state index contributed by atoms with van der Waals surface area (Å²) in [5.74, 6) is 0.371. The van der Waals surface area contributed by atoms with E-state index in [4.69, 9.17) is 4.74 Å². The van der Waals surface area contributed by atoms with Gasteiger partial charge in [0.05, 0.1) is 17.7 Å². The van der Waals surface area contributed by atoms with Crippen molar-refractivity contribution in [2.75, 3.05) is 12.4 Å². The molecule has 6 heteroatoms. The van der Waals surface area contributed by atoms with Crippen LogP contribution in [0.1, 0.15) is 9.67 Å². The van der Waals surface area contributed by atoms with E-state index in [1.165, 1.54) is 11.3 Å². The number of thiophene rings is 1. The van der Waals surface area contributed by atoms with Gasteiger partial charge in [0, 0.05) is 17.3 Å². The highest BCUT2D eigenvalue weighted by Gasteiger charge is 2.07. The summed E-state index contributed by atoms with van der Waals surface area (Å²) in [7, 11) is 1.55. The number of ether oxygens (including phenoxy) is 1. The highest BCUT2D eigenvalue weighted by atomic mass is 32.1. The Kier molecular flexibility index (Phi) is 4.11. The van der Waals surface area contributed by atoms with Gasteiger partial charge in [-0.15, -0.1) is 21.5 Å². The number of aromatic nitrogens is 2. The minimum absolute atomic E-state index is 0.105. The van der Waals surface area contributed by atoms with Crippen molar-refractivity contribution in [2.45, 2.75) is 0 Å². The third kappa shape index (κ3) is 3.12. The molecule has 22 heavy (non-hydrogen) atoms. The predicted molar refractivity (Wildman–Crippen MR) is 86.3 cm³/mol. The smallest absolute Gasteiger partial charge is 0.265 e. The summed E-state index contributed by atoms with van der Waals surface area (Å²) in [6.45, 7) is 0. The number of benzene rings is 1. The van der Waals surface area contributed by atoms with E-state index in [-0.39, 0.29) is 5.91 Å². The third-order valence-electron chi connectivity index (χ3n) is 3.03. The number of rotatable bonds is 4. The van der Waals surface area contributed by atoms with Gasteiger partial charge in [-0.2, -0.15) is 0 Å². The van der Waals surface area contributed by atoms with Crippen LogP contribution in [0.5, 0.6) is 5.88 Å². The lowest BCUT2D eigenvalue weighted by atomic mass is 10.1. The van der Waals surface area contributed by atoms with E-state index in [1.807, 2.05) is 41.8 Å². The summed E-state index contributed by atoms with van der Waals surface area (Å²) < 4.78 is 4.98. The van der Waals surface area contributed by atoms with Crippen LogP contribution in [-0.2, 0) is 0 Å². The number of methoxy groups -OCH3 is 1. The van der Waals surface area contributed by atoms with E-state index in [2.05, 4.69) is 15.5 Å². The van der Waals surface area contributed by atoms with E-state index in [9.17, 15) is 4.79 Å². The first-order chi connectivity index (χ1) is 10.8. The average Bonchev–Trinajstić information content (AvgIpc) is 3.10. The summed E-state index contributed by atoms with van der Waals surface area (Å²) in [5.41, 5.74) is 2.41. The molecule has 0 spiro atoms. The molecule has 1 amide bonds. The van der Waals surface area contributed by atoms with Crippen LogP contribution in [0.15, 0.2) is 53.9 Å². The Bertz CT molecular complexity index is 753. The fourth-order valence-corrected chi connectivity index (χ4v) is 2.53. The number of carbonyl (C=O) groups is 1. The quantitative estimate of drug-likeness (QED) is 0.801. The van der Waals surface area contributed by atoms with Crippen molar-refractivity contribution in [1.82, 2.24) is 10.2 Å². The molecule has 0 fully saturated rings. The molecule has 2 aromatic heterocycles. The standard InChI is InChI=1S/C16H13N3O2S/c1-21-15-9-8-13(18-19-15)11-4-6-12(7-5-11)17-16(20)14-3-2-10-22-14/h2-10H,1H3,(H,17,20). The molecule has 3 aromatic rings. The maximum Gasteiger partial charge on any atom is 0.265 e. The monoisotopic (exact) mass is 311 g/mol. The van der Waals surface area contributed by atoms with E-state index < -0.39 is 0 Å². The second kappa shape index (κ2) is 6.36. The highest BCUT2D eigenvalue weighted by molar-refractivity contribution is 7.12. The van der Waals surface area contributed by atoms with Crippen molar-refractivity contribution in [2.24, 2.45) is 0 Å². The fraction of sp³-hybridized carbons (Fsp3) is 0.0625. The first-order valence-electron chi connectivity index (χ1n) is 6.59. The average molecular weight is 311 g/mol. The molecule has 3 rings (SSSR count). The molecule has 0 saturated heterocycles. The van der Waals surface area contributed by atoms with E-state index in [1.54, 1.807) is 19.2 Å². The van der Waals surface area contributed by atoms with Gasteiger partial charge in [-0.05, 0) is 29.6 Å². The summed E-state index contributed by atoms with van der Waals surface area (Å²) in [4.78, 5) is 12.6. The SMILES string of the molecule is COc1ccc(-c2ccc(NC(=O)c3cccs3)cc2)nn1. The van der Waals surface area contributed by atoms with Crippen LogP contribution >= 0.6 is 11.3 Å². The largest absolute Gasteiger partial charge is 0.480 e. The van der Waals surface area contributed by atoms with E-state index in [0.29, 0.717) is 10.8 Å². The van der Waals surface area contributed by atoms with Gasteiger partial charge >= 0.3 is 0 Å². The summed E-state index contributed by atoms with van der Waals surface area (Å²) in [5, 5.41) is 12.8. The van der Waals surface area contributed by atoms with Gasteiger partial charge in [-0.25, -0.2) is 0 Å². The van der Waals surface area contributed by atoms with Gasteiger partial charge in [0.25, 0.3) is 5.91 Å². The first kappa shape index (κ1) is 14.2. The maximum atomic E-state index is 12.0. The number of nitrogens with zero attached hydrogens (tertiary/aromatic N) is 2. The summed E-state index contributed by atoms with van der Waals surface area (Å²) in [6, 6.07) is 14.7. The number of carbonyl (C=O) groups excluding carboxylic acids is 1. The van der Waals surface area contributed by atoms with Gasteiger partial charge in [-0.3, -0.25) is 4.79 Å². The predicted octanol–water partition coefficient (Wildman–Crippen LogP) is 3.47. The molecule has 0 saturated carbocycles. The Morgan fingerprint density at radius 2 is 1.91 bits per heavy atom. The maximum absolute atomic E-state index is 12.0. The zero-order valence-electron chi connectivity index (χ0n) is 11.8. The zero-order valence-corrected chi connectivity index (χ0v) is 12.6. The molecular formula is C16H13N3O2S. The van der Waals surface area contributed by atoms with Crippen LogP contribution in [0, 0.1) is 0 Å². The van der Waals surface area contributed by atoms with Crippen LogP contribution in [-0.4, -0.2) is 23.2 Å². The normalized spacial score (nSPS) is 10.2. The molecule has 1 aromatic carbocycles. The molecule has 0 unspecified atom stereocenters. The molecular weight excluding hydrogens is 298 g/mol. The number of nitrogens with one attached hydrogen (secondary N) is 1. The van der Waals surface area contributed by atoms with Crippen LogP contribution in [0.2, 0.25) is 0 Å². The highest BCUT2D eigenvalue weighted by Crippen LogP contribution is 2.21. The first-order valence-corrected chi connectivity index (χ1v) is 7.47. The van der Waals surface area contributed by atoms with Crippen LogP contribution in [0.3, 0.4) is 0 Å². The van der Waals surface area contributed by atoms with Crippen molar-refractivity contribution < 1.29 is 9.53 Å². The van der Waals surface area contributed by atoms with Crippen LogP contribution in [0.4, 0.5) is 5.69 Å². The lowest BCUT2D eigenvalue weighted by Crippen LogP contribution is -2.09. The van der Waals surface area contributed by atoms with Gasteiger partial charge < -0.3 is 10.1 Å². The Morgan fingerprint density at radius 1 is 1.09 bits per heavy atom. The van der Waals surface area contributed by atoms with Gasteiger partial charge in [-0.1, -0.05) is 18.2 Å².